The van der Waals surface area contributed by atoms with Gasteiger partial charge in [-0.05, 0) is 18.5 Å². The summed E-state index contributed by atoms with van der Waals surface area (Å²) in [4.78, 5) is 0. The molecule has 0 aliphatic heterocycles. The molecule has 0 aromatic heterocycles. The van der Waals surface area contributed by atoms with Crippen molar-refractivity contribution < 1.29 is 9.84 Å². The Labute approximate surface area is 143 Å². The van der Waals surface area contributed by atoms with Crippen molar-refractivity contribution in [2.24, 2.45) is 10.8 Å². The molecule has 0 bridgehead atoms. The van der Waals surface area contributed by atoms with Crippen LogP contribution in [0.5, 0.6) is 0 Å². The molecule has 0 heterocycles. The Morgan fingerprint density at radius 1 is 0.957 bits per heavy atom. The van der Waals surface area contributed by atoms with Gasteiger partial charge in [0, 0.05) is 17.4 Å². The number of hydrogen-bond acceptors (Lipinski definition) is 3. The molecule has 0 saturated carbocycles. The van der Waals surface area contributed by atoms with E-state index in [2.05, 4.69) is 43.4 Å². The summed E-state index contributed by atoms with van der Waals surface area (Å²) in [6, 6.07) is 10.5. The van der Waals surface area contributed by atoms with E-state index < -0.39 is 0 Å². The highest BCUT2D eigenvalue weighted by atomic mass is 16.5. The Kier molecular flexibility index (Phi) is 11.2. The zero-order valence-electron chi connectivity index (χ0n) is 16.0. The Morgan fingerprint density at radius 2 is 1.52 bits per heavy atom. The molecule has 134 valence electrons. The molecular formula is C20H37NO2. The predicted octanol–water partition coefficient (Wildman–Crippen LogP) is 3.91. The van der Waals surface area contributed by atoms with Crippen molar-refractivity contribution in [3.63, 3.8) is 0 Å². The molecule has 0 aliphatic rings. The fourth-order valence-electron chi connectivity index (χ4n) is 2.00. The smallest absolute Gasteiger partial charge is 0.0539 e. The lowest BCUT2D eigenvalue weighted by atomic mass is 9.93. The van der Waals surface area contributed by atoms with E-state index in [4.69, 9.17) is 4.74 Å². The van der Waals surface area contributed by atoms with Gasteiger partial charge < -0.3 is 15.2 Å². The van der Waals surface area contributed by atoms with Crippen molar-refractivity contribution in [1.82, 2.24) is 5.32 Å². The minimum Gasteiger partial charge on any atom is -0.396 e. The first-order valence-corrected chi connectivity index (χ1v) is 8.78. The lowest BCUT2D eigenvalue weighted by Crippen LogP contribution is -2.35. The zero-order chi connectivity index (χ0) is 17.8. The summed E-state index contributed by atoms with van der Waals surface area (Å²) in [5.41, 5.74) is 1.31. The zero-order valence-corrected chi connectivity index (χ0v) is 16.0. The molecule has 0 unspecified atom stereocenters. The standard InChI is InChI=1S/C18H31NO2.C2H6/c1-17(2,14-21-15-18(3,4)13-20)12-19-11-10-16-8-6-5-7-9-16;1-2/h5-9,19-20H,10-15H2,1-4H3;1-2H3. The Morgan fingerprint density at radius 3 is 2.09 bits per heavy atom. The Balaban J connectivity index is 0.00000232. The number of rotatable bonds is 10. The van der Waals surface area contributed by atoms with Crippen molar-refractivity contribution in [3.8, 4) is 0 Å². The van der Waals surface area contributed by atoms with Gasteiger partial charge in [0.15, 0.2) is 0 Å². The van der Waals surface area contributed by atoms with Crippen LogP contribution in [0.1, 0.15) is 47.1 Å². The van der Waals surface area contributed by atoms with Gasteiger partial charge in [-0.25, -0.2) is 0 Å². The third-order valence-corrected chi connectivity index (χ3v) is 3.45. The maximum Gasteiger partial charge on any atom is 0.0539 e. The lowest BCUT2D eigenvalue weighted by molar-refractivity contribution is -0.00521. The fraction of sp³-hybridized carbons (Fsp3) is 0.700. The molecule has 1 aromatic rings. The van der Waals surface area contributed by atoms with Crippen LogP contribution in [-0.4, -0.2) is 38.0 Å². The van der Waals surface area contributed by atoms with E-state index in [1.54, 1.807) is 0 Å². The number of ether oxygens (including phenoxy) is 1. The highest BCUT2D eigenvalue weighted by Gasteiger charge is 2.21. The molecular weight excluding hydrogens is 286 g/mol. The van der Waals surface area contributed by atoms with Crippen LogP contribution in [0.4, 0.5) is 0 Å². The number of aliphatic hydroxyl groups is 1. The van der Waals surface area contributed by atoms with Gasteiger partial charge in [-0.15, -0.1) is 0 Å². The van der Waals surface area contributed by atoms with Crippen molar-refractivity contribution in [2.75, 3.05) is 32.9 Å². The molecule has 0 atom stereocenters. The summed E-state index contributed by atoms with van der Waals surface area (Å²) in [5.74, 6) is 0. The summed E-state index contributed by atoms with van der Waals surface area (Å²) in [5, 5.41) is 12.7. The van der Waals surface area contributed by atoms with Gasteiger partial charge in [0.25, 0.3) is 0 Å². The molecule has 0 amide bonds. The lowest BCUT2D eigenvalue weighted by Gasteiger charge is -2.28. The summed E-state index contributed by atoms with van der Waals surface area (Å²) >= 11 is 0. The minimum absolute atomic E-state index is 0.0994. The first-order valence-electron chi connectivity index (χ1n) is 8.78. The summed E-state index contributed by atoms with van der Waals surface area (Å²) < 4.78 is 5.77. The summed E-state index contributed by atoms with van der Waals surface area (Å²) in [7, 11) is 0. The van der Waals surface area contributed by atoms with Crippen LogP contribution < -0.4 is 5.32 Å². The molecule has 0 aliphatic carbocycles. The van der Waals surface area contributed by atoms with E-state index >= 15 is 0 Å². The van der Waals surface area contributed by atoms with Crippen LogP contribution in [-0.2, 0) is 11.2 Å². The van der Waals surface area contributed by atoms with E-state index in [-0.39, 0.29) is 17.4 Å². The second kappa shape index (κ2) is 11.6. The number of aliphatic hydroxyl groups excluding tert-OH is 1. The van der Waals surface area contributed by atoms with E-state index in [9.17, 15) is 5.11 Å². The molecule has 3 heteroatoms. The molecule has 0 spiro atoms. The average Bonchev–Trinajstić information content (AvgIpc) is 2.54. The maximum atomic E-state index is 9.21. The number of benzene rings is 1. The SMILES string of the molecule is CC.CC(C)(CO)COCC(C)(C)CNCCc1ccccc1. The van der Waals surface area contributed by atoms with Gasteiger partial charge in [-0.1, -0.05) is 71.9 Å². The van der Waals surface area contributed by atoms with Crippen LogP contribution in [0, 0.1) is 10.8 Å². The summed E-state index contributed by atoms with van der Waals surface area (Å²) in [6.45, 7) is 15.8. The van der Waals surface area contributed by atoms with Crippen LogP contribution >= 0.6 is 0 Å². The van der Waals surface area contributed by atoms with Gasteiger partial charge in [0.1, 0.15) is 0 Å². The van der Waals surface area contributed by atoms with Gasteiger partial charge in [-0.2, -0.15) is 0 Å². The number of hydrogen-bond donors (Lipinski definition) is 2. The van der Waals surface area contributed by atoms with E-state index in [0.29, 0.717) is 13.2 Å². The normalized spacial score (nSPS) is 11.8. The largest absolute Gasteiger partial charge is 0.396 e. The van der Waals surface area contributed by atoms with Crippen molar-refractivity contribution >= 4 is 0 Å². The molecule has 3 nitrogen and oxygen atoms in total. The molecule has 23 heavy (non-hydrogen) atoms. The molecule has 0 saturated heterocycles. The topological polar surface area (TPSA) is 41.5 Å². The predicted molar refractivity (Wildman–Crippen MR) is 99.8 cm³/mol. The van der Waals surface area contributed by atoms with Crippen LogP contribution in [0.2, 0.25) is 0 Å². The van der Waals surface area contributed by atoms with Gasteiger partial charge >= 0.3 is 0 Å². The average molecular weight is 324 g/mol. The van der Waals surface area contributed by atoms with E-state index in [1.165, 1.54) is 5.56 Å². The highest BCUT2D eigenvalue weighted by Crippen LogP contribution is 2.18. The first kappa shape index (κ1) is 22.1. The number of nitrogens with one attached hydrogen (secondary N) is 1. The first-order chi connectivity index (χ1) is 10.8. The third-order valence-electron chi connectivity index (χ3n) is 3.45. The second-order valence-electron chi connectivity index (χ2n) is 7.39. The quantitative estimate of drug-likeness (QED) is 0.642. The van der Waals surface area contributed by atoms with Crippen LogP contribution in [0.15, 0.2) is 30.3 Å². The molecule has 0 fully saturated rings. The van der Waals surface area contributed by atoms with E-state index in [1.807, 2.05) is 33.8 Å². The van der Waals surface area contributed by atoms with Crippen LogP contribution in [0.3, 0.4) is 0 Å². The third kappa shape index (κ3) is 11.3. The fourth-order valence-corrected chi connectivity index (χ4v) is 2.00. The van der Waals surface area contributed by atoms with Gasteiger partial charge in [-0.3, -0.25) is 0 Å². The molecule has 2 N–H and O–H groups in total. The van der Waals surface area contributed by atoms with Gasteiger partial charge in [0.2, 0.25) is 0 Å². The van der Waals surface area contributed by atoms with E-state index in [0.717, 1.165) is 19.5 Å². The Bertz CT molecular complexity index is 388. The van der Waals surface area contributed by atoms with Crippen molar-refractivity contribution in [3.05, 3.63) is 35.9 Å². The molecule has 0 radical (unpaired) electrons. The molecule has 1 aromatic carbocycles. The second-order valence-corrected chi connectivity index (χ2v) is 7.39. The maximum absolute atomic E-state index is 9.21. The summed E-state index contributed by atoms with van der Waals surface area (Å²) in [6.07, 6.45) is 1.05. The van der Waals surface area contributed by atoms with Crippen molar-refractivity contribution in [1.29, 1.82) is 0 Å². The highest BCUT2D eigenvalue weighted by molar-refractivity contribution is 5.14. The minimum atomic E-state index is -0.156. The van der Waals surface area contributed by atoms with Gasteiger partial charge in [0.05, 0.1) is 19.8 Å². The van der Waals surface area contributed by atoms with Crippen molar-refractivity contribution in [2.45, 2.75) is 48.0 Å². The Hall–Kier alpha value is -0.900. The van der Waals surface area contributed by atoms with Crippen LogP contribution in [0.25, 0.3) is 0 Å². The molecule has 1 rings (SSSR count). The monoisotopic (exact) mass is 323 g/mol.